The highest BCUT2D eigenvalue weighted by atomic mass is 35.5. The van der Waals surface area contributed by atoms with E-state index >= 15 is 0 Å². The third kappa shape index (κ3) is 6.52. The summed E-state index contributed by atoms with van der Waals surface area (Å²) in [4.78, 5) is 2.91. The lowest BCUT2D eigenvalue weighted by Gasteiger charge is -2.13. The van der Waals surface area contributed by atoms with E-state index in [1.54, 1.807) is 0 Å². The number of anilines is 2. The molecular weight excluding hydrogens is 432 g/mol. The smallest absolute Gasteiger partial charge is 0.266 e. The number of hydrogen-bond donors (Lipinski definition) is 4. The van der Waals surface area contributed by atoms with Gasteiger partial charge in [-0.1, -0.05) is 22.9 Å². The second-order valence-electron chi connectivity index (χ2n) is 6.06. The standard InChI is InChI=1S/C16H22ClF2N5O2S2/c1-10(8-20)21-4-2-3-5-22-13-7-12(18)14(6-11(13)17)28(25,26)24-16-23-9-15(19)27-16/h6-7,9-10,21-22H,2-5,8,20H2,1H3,(H,23,24)/t10-/m0/s1. The summed E-state index contributed by atoms with van der Waals surface area (Å²) >= 11 is 6.59. The van der Waals surface area contributed by atoms with Crippen molar-refractivity contribution in [3.05, 3.63) is 34.3 Å². The van der Waals surface area contributed by atoms with Crippen LogP contribution in [0.3, 0.4) is 0 Å². The second kappa shape index (κ2) is 10.3. The van der Waals surface area contributed by atoms with Crippen LogP contribution in [0.25, 0.3) is 0 Å². The van der Waals surface area contributed by atoms with Gasteiger partial charge in [0.05, 0.1) is 16.9 Å². The van der Waals surface area contributed by atoms with E-state index in [-0.39, 0.29) is 16.2 Å². The average molecular weight is 454 g/mol. The molecule has 1 aromatic heterocycles. The van der Waals surface area contributed by atoms with E-state index in [1.807, 2.05) is 11.6 Å². The van der Waals surface area contributed by atoms with E-state index in [4.69, 9.17) is 17.3 Å². The van der Waals surface area contributed by atoms with Crippen molar-refractivity contribution in [2.75, 3.05) is 29.7 Å². The van der Waals surface area contributed by atoms with Crippen LogP contribution in [-0.2, 0) is 10.0 Å². The SMILES string of the molecule is C[C@@H](CN)NCCCCNc1cc(F)c(S(=O)(=O)Nc2ncc(F)s2)cc1Cl. The first-order valence-electron chi connectivity index (χ1n) is 8.53. The molecule has 1 aromatic carbocycles. The molecule has 0 aliphatic heterocycles. The third-order valence-corrected chi connectivity index (χ3v) is 6.27. The first kappa shape index (κ1) is 22.8. The molecule has 0 saturated carbocycles. The summed E-state index contributed by atoms with van der Waals surface area (Å²) in [5.74, 6) is -0.977. The Morgan fingerprint density at radius 2 is 2.00 bits per heavy atom. The second-order valence-corrected chi connectivity index (χ2v) is 9.10. The Morgan fingerprint density at radius 3 is 2.64 bits per heavy atom. The molecule has 0 fully saturated rings. The summed E-state index contributed by atoms with van der Waals surface area (Å²) in [5, 5.41) is 5.44. The predicted octanol–water partition coefficient (Wildman–Crippen LogP) is 3.00. The average Bonchev–Trinajstić information content (AvgIpc) is 3.03. The van der Waals surface area contributed by atoms with Crippen LogP contribution >= 0.6 is 22.9 Å². The normalized spacial score (nSPS) is 12.8. The molecule has 0 aliphatic carbocycles. The lowest BCUT2D eigenvalue weighted by molar-refractivity contribution is 0.537. The minimum atomic E-state index is -4.29. The third-order valence-electron chi connectivity index (χ3n) is 3.78. The Hall–Kier alpha value is -1.53. The molecule has 1 atom stereocenters. The van der Waals surface area contributed by atoms with Gasteiger partial charge in [-0.05, 0) is 38.4 Å². The zero-order chi connectivity index (χ0) is 20.7. The monoisotopic (exact) mass is 453 g/mol. The van der Waals surface area contributed by atoms with Crippen LogP contribution in [-0.4, -0.2) is 39.1 Å². The fourth-order valence-corrected chi connectivity index (χ4v) is 4.41. The van der Waals surface area contributed by atoms with Gasteiger partial charge in [0.15, 0.2) is 10.3 Å². The van der Waals surface area contributed by atoms with Crippen molar-refractivity contribution in [1.82, 2.24) is 10.3 Å². The van der Waals surface area contributed by atoms with Gasteiger partial charge in [0, 0.05) is 19.1 Å². The zero-order valence-corrected chi connectivity index (χ0v) is 17.5. The summed E-state index contributed by atoms with van der Waals surface area (Å²) in [6.45, 7) is 3.91. The van der Waals surface area contributed by atoms with Crippen molar-refractivity contribution in [1.29, 1.82) is 0 Å². The Bertz CT molecular complexity index is 895. The number of nitrogens with one attached hydrogen (secondary N) is 3. The molecule has 0 spiro atoms. The number of sulfonamides is 1. The number of unbranched alkanes of at least 4 members (excludes halogenated alkanes) is 1. The van der Waals surface area contributed by atoms with Gasteiger partial charge in [-0.2, -0.15) is 4.39 Å². The van der Waals surface area contributed by atoms with Gasteiger partial charge < -0.3 is 16.4 Å². The Morgan fingerprint density at radius 1 is 1.29 bits per heavy atom. The Balaban J connectivity index is 1.96. The van der Waals surface area contributed by atoms with Crippen LogP contribution < -0.4 is 21.1 Å². The quantitative estimate of drug-likeness (QED) is 0.389. The van der Waals surface area contributed by atoms with Gasteiger partial charge >= 0.3 is 0 Å². The van der Waals surface area contributed by atoms with Crippen molar-refractivity contribution in [3.63, 3.8) is 0 Å². The molecule has 0 saturated heterocycles. The molecule has 0 radical (unpaired) electrons. The summed E-state index contributed by atoms with van der Waals surface area (Å²) in [5.41, 5.74) is 5.81. The van der Waals surface area contributed by atoms with Crippen LogP contribution in [0, 0.1) is 10.9 Å². The first-order valence-corrected chi connectivity index (χ1v) is 11.2. The summed E-state index contributed by atoms with van der Waals surface area (Å²) in [7, 11) is -4.29. The molecule has 2 rings (SSSR count). The first-order chi connectivity index (χ1) is 13.2. The van der Waals surface area contributed by atoms with Crippen LogP contribution in [0.2, 0.25) is 5.02 Å². The van der Waals surface area contributed by atoms with E-state index < -0.39 is 25.9 Å². The van der Waals surface area contributed by atoms with Crippen molar-refractivity contribution < 1.29 is 17.2 Å². The number of halogens is 3. The van der Waals surface area contributed by atoms with Crippen LogP contribution in [0.1, 0.15) is 19.8 Å². The fraction of sp³-hybridized carbons (Fsp3) is 0.438. The van der Waals surface area contributed by atoms with Gasteiger partial charge in [0.2, 0.25) is 0 Å². The lowest BCUT2D eigenvalue weighted by Crippen LogP contribution is -2.33. The molecule has 0 unspecified atom stereocenters. The minimum Gasteiger partial charge on any atom is -0.384 e. The van der Waals surface area contributed by atoms with Crippen molar-refractivity contribution in [3.8, 4) is 0 Å². The highest BCUT2D eigenvalue weighted by molar-refractivity contribution is 7.93. The van der Waals surface area contributed by atoms with Crippen LogP contribution in [0.4, 0.5) is 19.6 Å². The van der Waals surface area contributed by atoms with E-state index in [0.717, 1.165) is 37.7 Å². The maximum Gasteiger partial charge on any atom is 0.266 e. The number of aromatic nitrogens is 1. The maximum absolute atomic E-state index is 14.4. The lowest BCUT2D eigenvalue weighted by atomic mass is 10.2. The Kier molecular flexibility index (Phi) is 8.38. The van der Waals surface area contributed by atoms with Crippen LogP contribution in [0.5, 0.6) is 0 Å². The van der Waals surface area contributed by atoms with Crippen molar-refractivity contribution in [2.45, 2.75) is 30.7 Å². The number of thiazole rings is 1. The predicted molar refractivity (Wildman–Crippen MR) is 109 cm³/mol. The van der Waals surface area contributed by atoms with Gasteiger partial charge in [-0.3, -0.25) is 4.72 Å². The number of nitrogens with two attached hydrogens (primary N) is 1. The molecule has 0 aliphatic rings. The molecule has 1 heterocycles. The molecule has 7 nitrogen and oxygen atoms in total. The minimum absolute atomic E-state index is 0.0574. The van der Waals surface area contributed by atoms with E-state index in [2.05, 4.69) is 15.6 Å². The van der Waals surface area contributed by atoms with Crippen molar-refractivity contribution >= 4 is 43.8 Å². The van der Waals surface area contributed by atoms with Crippen molar-refractivity contribution in [2.24, 2.45) is 5.73 Å². The molecule has 12 heteroatoms. The van der Waals surface area contributed by atoms with Gasteiger partial charge in [-0.25, -0.2) is 17.8 Å². The number of hydrogen-bond acceptors (Lipinski definition) is 7. The van der Waals surface area contributed by atoms with Gasteiger partial charge in [-0.15, -0.1) is 0 Å². The summed E-state index contributed by atoms with van der Waals surface area (Å²) in [6, 6.07) is 2.28. The highest BCUT2D eigenvalue weighted by Gasteiger charge is 2.23. The van der Waals surface area contributed by atoms with E-state index in [1.165, 1.54) is 0 Å². The van der Waals surface area contributed by atoms with Crippen LogP contribution in [0.15, 0.2) is 23.2 Å². The fourth-order valence-electron chi connectivity index (χ4n) is 2.25. The summed E-state index contributed by atoms with van der Waals surface area (Å²) in [6.07, 6.45) is 2.56. The number of benzene rings is 1. The molecule has 0 amide bonds. The molecule has 28 heavy (non-hydrogen) atoms. The summed E-state index contributed by atoms with van der Waals surface area (Å²) < 4.78 is 54.0. The molecule has 156 valence electrons. The highest BCUT2D eigenvalue weighted by Crippen LogP contribution is 2.29. The van der Waals surface area contributed by atoms with Gasteiger partial charge in [0.25, 0.3) is 10.0 Å². The topological polar surface area (TPSA) is 109 Å². The van der Waals surface area contributed by atoms with E-state index in [9.17, 15) is 17.2 Å². The zero-order valence-electron chi connectivity index (χ0n) is 15.1. The van der Waals surface area contributed by atoms with Gasteiger partial charge in [0.1, 0.15) is 10.7 Å². The molecule has 5 N–H and O–H groups in total. The number of rotatable bonds is 11. The maximum atomic E-state index is 14.4. The molecule has 2 aromatic rings. The molecular formula is C16H22ClF2N5O2S2. The Labute approximate surface area is 171 Å². The van der Waals surface area contributed by atoms with E-state index in [0.29, 0.717) is 30.1 Å². The molecule has 0 bridgehead atoms. The largest absolute Gasteiger partial charge is 0.384 e. The number of nitrogens with zero attached hydrogens (tertiary/aromatic N) is 1.